The molecule has 1 heteroatoms. The van der Waals surface area contributed by atoms with Crippen molar-refractivity contribution in [1.29, 1.82) is 0 Å². The van der Waals surface area contributed by atoms with Crippen LogP contribution in [0.15, 0.2) is 0 Å². The van der Waals surface area contributed by atoms with E-state index in [0.29, 0.717) is 0 Å². The molecule has 1 aliphatic rings. The zero-order chi connectivity index (χ0) is 8.97. The smallest absolute Gasteiger partial charge is 0.00493 e. The Balaban J connectivity index is 2.21. The van der Waals surface area contributed by atoms with Crippen molar-refractivity contribution in [2.45, 2.75) is 39.5 Å². The third-order valence-corrected chi connectivity index (χ3v) is 3.51. The first kappa shape index (κ1) is 10.0. The van der Waals surface area contributed by atoms with Crippen LogP contribution in [-0.2, 0) is 0 Å². The highest BCUT2D eigenvalue weighted by Crippen LogP contribution is 2.34. The van der Waals surface area contributed by atoms with Gasteiger partial charge in [-0.3, -0.25) is 0 Å². The minimum atomic E-state index is 0.959. The molecule has 1 fully saturated rings. The maximum absolute atomic E-state index is 3.24. The molecule has 1 N–H and O–H groups in total. The van der Waals surface area contributed by atoms with Gasteiger partial charge in [0, 0.05) is 0 Å². The van der Waals surface area contributed by atoms with Crippen LogP contribution in [0.25, 0.3) is 0 Å². The van der Waals surface area contributed by atoms with Gasteiger partial charge in [0.2, 0.25) is 0 Å². The Bertz CT molecular complexity index is 120. The number of hydrogen-bond donors (Lipinski definition) is 1. The molecule has 0 aliphatic heterocycles. The Morgan fingerprint density at radius 2 is 1.92 bits per heavy atom. The Kier molecular flexibility index (Phi) is 4.07. The van der Waals surface area contributed by atoms with Gasteiger partial charge in [-0.1, -0.05) is 26.7 Å². The predicted octanol–water partition coefficient (Wildman–Crippen LogP) is 2.67. The van der Waals surface area contributed by atoms with E-state index in [0.717, 1.165) is 17.8 Å². The first-order chi connectivity index (χ1) is 5.74. The average Bonchev–Trinajstić information content (AvgIpc) is 2.07. The summed E-state index contributed by atoms with van der Waals surface area (Å²) in [6, 6.07) is 0. The molecule has 1 saturated carbocycles. The summed E-state index contributed by atoms with van der Waals surface area (Å²) in [6.07, 6.45) is 5.76. The van der Waals surface area contributed by atoms with E-state index in [9.17, 15) is 0 Å². The van der Waals surface area contributed by atoms with Gasteiger partial charge in [0.15, 0.2) is 0 Å². The van der Waals surface area contributed by atoms with Gasteiger partial charge in [-0.25, -0.2) is 0 Å². The summed E-state index contributed by atoms with van der Waals surface area (Å²) in [5.41, 5.74) is 0. The van der Waals surface area contributed by atoms with Crippen molar-refractivity contribution in [2.75, 3.05) is 13.6 Å². The van der Waals surface area contributed by atoms with Gasteiger partial charge in [-0.15, -0.1) is 0 Å². The molecular weight excluding hydrogens is 146 g/mol. The lowest BCUT2D eigenvalue weighted by atomic mass is 9.75. The summed E-state index contributed by atoms with van der Waals surface area (Å²) in [6.45, 7) is 6.01. The molecule has 0 aromatic rings. The van der Waals surface area contributed by atoms with Crippen molar-refractivity contribution >= 4 is 0 Å². The second-order valence-electron chi connectivity index (χ2n) is 4.53. The van der Waals surface area contributed by atoms with Crippen molar-refractivity contribution < 1.29 is 0 Å². The highest BCUT2D eigenvalue weighted by atomic mass is 14.8. The van der Waals surface area contributed by atoms with Crippen LogP contribution < -0.4 is 5.32 Å². The van der Waals surface area contributed by atoms with Gasteiger partial charge < -0.3 is 5.32 Å². The van der Waals surface area contributed by atoms with E-state index < -0.39 is 0 Å². The van der Waals surface area contributed by atoms with Crippen LogP contribution in [0.3, 0.4) is 0 Å². The van der Waals surface area contributed by atoms with Gasteiger partial charge in [0.25, 0.3) is 0 Å². The largest absolute Gasteiger partial charge is 0.320 e. The number of nitrogens with one attached hydrogen (secondary N) is 1. The van der Waals surface area contributed by atoms with E-state index in [1.807, 2.05) is 0 Å². The fraction of sp³-hybridized carbons (Fsp3) is 1.00. The molecule has 1 aliphatic carbocycles. The van der Waals surface area contributed by atoms with Crippen molar-refractivity contribution in [1.82, 2.24) is 5.32 Å². The first-order valence-electron chi connectivity index (χ1n) is 5.38. The van der Waals surface area contributed by atoms with Gasteiger partial charge in [0.05, 0.1) is 0 Å². The second kappa shape index (κ2) is 4.86. The molecule has 0 spiro atoms. The average molecular weight is 169 g/mol. The molecule has 3 unspecified atom stereocenters. The van der Waals surface area contributed by atoms with E-state index in [4.69, 9.17) is 0 Å². The molecule has 0 aromatic heterocycles. The minimum Gasteiger partial charge on any atom is -0.320 e. The summed E-state index contributed by atoms with van der Waals surface area (Å²) in [4.78, 5) is 0. The summed E-state index contributed by atoms with van der Waals surface area (Å²) in [5, 5.41) is 3.24. The normalized spacial score (nSPS) is 36.8. The van der Waals surface area contributed by atoms with Crippen molar-refractivity contribution in [3.05, 3.63) is 0 Å². The van der Waals surface area contributed by atoms with E-state index in [2.05, 4.69) is 26.2 Å². The van der Waals surface area contributed by atoms with E-state index in [1.165, 1.54) is 32.2 Å². The molecule has 0 aromatic carbocycles. The number of hydrogen-bond acceptors (Lipinski definition) is 1. The molecule has 0 radical (unpaired) electrons. The topological polar surface area (TPSA) is 12.0 Å². The molecule has 12 heavy (non-hydrogen) atoms. The van der Waals surface area contributed by atoms with Crippen LogP contribution in [0.5, 0.6) is 0 Å². The van der Waals surface area contributed by atoms with Crippen molar-refractivity contribution in [2.24, 2.45) is 17.8 Å². The fourth-order valence-electron chi connectivity index (χ4n) is 2.27. The highest BCUT2D eigenvalue weighted by Gasteiger charge is 2.23. The predicted molar refractivity (Wildman–Crippen MR) is 54.2 cm³/mol. The molecule has 0 bridgehead atoms. The Morgan fingerprint density at radius 1 is 1.17 bits per heavy atom. The van der Waals surface area contributed by atoms with Gasteiger partial charge in [0.1, 0.15) is 0 Å². The molecular formula is C11H23N. The van der Waals surface area contributed by atoms with Crippen LogP contribution in [0, 0.1) is 17.8 Å². The van der Waals surface area contributed by atoms with Gasteiger partial charge in [-0.05, 0) is 44.2 Å². The van der Waals surface area contributed by atoms with Crippen LogP contribution >= 0.6 is 0 Å². The Labute approximate surface area is 76.9 Å². The molecule has 0 amide bonds. The molecule has 0 saturated heterocycles. The van der Waals surface area contributed by atoms with Crippen LogP contribution in [0.4, 0.5) is 0 Å². The summed E-state index contributed by atoms with van der Waals surface area (Å²) < 4.78 is 0. The zero-order valence-electron chi connectivity index (χ0n) is 8.77. The van der Waals surface area contributed by atoms with Gasteiger partial charge in [-0.2, -0.15) is 0 Å². The van der Waals surface area contributed by atoms with Gasteiger partial charge >= 0.3 is 0 Å². The SMILES string of the molecule is CNCCC1CCC(C)C(C)C1. The van der Waals surface area contributed by atoms with Crippen LogP contribution in [0.1, 0.15) is 39.5 Å². The summed E-state index contributed by atoms with van der Waals surface area (Å²) in [7, 11) is 2.05. The maximum atomic E-state index is 3.24. The van der Waals surface area contributed by atoms with Crippen molar-refractivity contribution in [3.63, 3.8) is 0 Å². The van der Waals surface area contributed by atoms with E-state index in [-0.39, 0.29) is 0 Å². The lowest BCUT2D eigenvalue weighted by Gasteiger charge is -2.32. The van der Waals surface area contributed by atoms with Crippen LogP contribution in [-0.4, -0.2) is 13.6 Å². The molecule has 3 atom stereocenters. The molecule has 72 valence electrons. The van der Waals surface area contributed by atoms with Crippen LogP contribution in [0.2, 0.25) is 0 Å². The fourth-order valence-corrected chi connectivity index (χ4v) is 2.27. The lowest BCUT2D eigenvalue weighted by molar-refractivity contribution is 0.200. The molecule has 1 nitrogen and oxygen atoms in total. The van der Waals surface area contributed by atoms with E-state index >= 15 is 0 Å². The maximum Gasteiger partial charge on any atom is -0.00493 e. The highest BCUT2D eigenvalue weighted by molar-refractivity contribution is 4.75. The third kappa shape index (κ3) is 2.78. The third-order valence-electron chi connectivity index (χ3n) is 3.51. The standard InChI is InChI=1S/C11H23N/c1-9-4-5-11(6-7-12-3)8-10(9)2/h9-12H,4-8H2,1-3H3. The summed E-state index contributed by atoms with van der Waals surface area (Å²) in [5.74, 6) is 2.93. The summed E-state index contributed by atoms with van der Waals surface area (Å²) >= 11 is 0. The minimum absolute atomic E-state index is 0.959. The lowest BCUT2D eigenvalue weighted by Crippen LogP contribution is -2.23. The van der Waals surface area contributed by atoms with Crippen molar-refractivity contribution in [3.8, 4) is 0 Å². The first-order valence-corrected chi connectivity index (χ1v) is 5.38. The zero-order valence-corrected chi connectivity index (χ0v) is 8.77. The quantitative estimate of drug-likeness (QED) is 0.685. The Hall–Kier alpha value is -0.0400. The molecule has 0 heterocycles. The van der Waals surface area contributed by atoms with E-state index in [1.54, 1.807) is 0 Å². The monoisotopic (exact) mass is 169 g/mol. The molecule has 1 rings (SSSR count). The Morgan fingerprint density at radius 3 is 2.50 bits per heavy atom. The number of rotatable bonds is 3. The second-order valence-corrected chi connectivity index (χ2v) is 4.53.